The Balaban J connectivity index is 2.89. The maximum absolute atomic E-state index is 10.5. The Morgan fingerprint density at radius 2 is 2.22 bits per heavy atom. The fourth-order valence-corrected chi connectivity index (χ4v) is 0.713. The van der Waals surface area contributed by atoms with Crippen LogP contribution in [0.25, 0.3) is 0 Å². The highest BCUT2D eigenvalue weighted by Crippen LogP contribution is 2.17. The Morgan fingerprint density at radius 3 is 2.33 bits per heavy atom. The summed E-state index contributed by atoms with van der Waals surface area (Å²) in [6.45, 7) is 3.48. The first-order valence-electron chi connectivity index (χ1n) is 2.76. The molecule has 0 spiro atoms. The van der Waals surface area contributed by atoms with Crippen LogP contribution in [-0.2, 0) is 4.79 Å². The Kier molecular flexibility index (Phi) is 1.02. The van der Waals surface area contributed by atoms with Crippen molar-refractivity contribution in [2.45, 2.75) is 19.4 Å². The summed E-state index contributed by atoms with van der Waals surface area (Å²) < 4.78 is 0. The highest BCUT2D eigenvalue weighted by atomic mass is 16.3. The first kappa shape index (κ1) is 6.13. The second kappa shape index (κ2) is 1.50. The number of carbonyl (C=O) groups is 1. The van der Waals surface area contributed by atoms with Crippen molar-refractivity contribution in [3.63, 3.8) is 0 Å². The van der Waals surface area contributed by atoms with Gasteiger partial charge in [0.05, 0.1) is 5.54 Å². The molecule has 0 radical (unpaired) electrons. The van der Waals surface area contributed by atoms with E-state index in [1.807, 2.05) is 0 Å². The third-order valence-corrected chi connectivity index (χ3v) is 1.34. The van der Waals surface area contributed by atoms with Crippen molar-refractivity contribution in [2.75, 3.05) is 0 Å². The fraction of sp³-hybridized carbons (Fsp3) is 0.500. The normalized spacial score (nSPS) is 23.3. The molecule has 1 aliphatic heterocycles. The monoisotopic (exact) mass is 127 g/mol. The van der Waals surface area contributed by atoms with E-state index in [-0.39, 0.29) is 11.7 Å². The highest BCUT2D eigenvalue weighted by Gasteiger charge is 2.30. The third-order valence-electron chi connectivity index (χ3n) is 1.34. The van der Waals surface area contributed by atoms with Crippen molar-refractivity contribution in [3.8, 4) is 0 Å². The van der Waals surface area contributed by atoms with E-state index in [1.54, 1.807) is 13.8 Å². The summed E-state index contributed by atoms with van der Waals surface area (Å²) in [4.78, 5) is 10.5. The van der Waals surface area contributed by atoms with E-state index in [2.05, 4.69) is 5.32 Å². The van der Waals surface area contributed by atoms with Crippen LogP contribution in [0, 0.1) is 0 Å². The molecule has 0 fully saturated rings. The van der Waals surface area contributed by atoms with Crippen LogP contribution < -0.4 is 5.32 Å². The van der Waals surface area contributed by atoms with Crippen LogP contribution in [0.15, 0.2) is 11.8 Å². The number of hydrogen-bond donors (Lipinski definition) is 2. The number of aliphatic hydroxyl groups excluding tert-OH is 1. The summed E-state index contributed by atoms with van der Waals surface area (Å²) in [6, 6.07) is 0. The molecule has 0 bridgehead atoms. The lowest BCUT2D eigenvalue weighted by Gasteiger charge is -2.17. The Labute approximate surface area is 53.4 Å². The molecule has 3 heteroatoms. The van der Waals surface area contributed by atoms with Gasteiger partial charge >= 0.3 is 0 Å². The summed E-state index contributed by atoms with van der Waals surface area (Å²) in [5.74, 6) is -0.120. The van der Waals surface area contributed by atoms with Gasteiger partial charge in [-0.3, -0.25) is 4.79 Å². The molecule has 0 aromatic heterocycles. The summed E-state index contributed by atoms with van der Waals surface area (Å²) >= 11 is 0. The van der Waals surface area contributed by atoms with Gasteiger partial charge in [0.1, 0.15) is 5.76 Å². The summed E-state index contributed by atoms with van der Waals surface area (Å²) in [5, 5.41) is 11.6. The van der Waals surface area contributed by atoms with Crippen molar-refractivity contribution in [1.82, 2.24) is 5.32 Å². The number of nitrogens with one attached hydrogen (secondary N) is 1. The van der Waals surface area contributed by atoms with Crippen molar-refractivity contribution >= 4 is 5.91 Å². The molecular formula is C6H9NO2. The van der Waals surface area contributed by atoms with Crippen molar-refractivity contribution in [2.24, 2.45) is 0 Å². The second-order valence-corrected chi connectivity index (χ2v) is 2.64. The number of amides is 1. The predicted octanol–water partition coefficient (Wildman–Crippen LogP) is 0.337. The van der Waals surface area contributed by atoms with E-state index in [4.69, 9.17) is 5.11 Å². The molecule has 0 unspecified atom stereocenters. The van der Waals surface area contributed by atoms with Crippen molar-refractivity contribution in [3.05, 3.63) is 11.8 Å². The van der Waals surface area contributed by atoms with E-state index in [0.717, 1.165) is 0 Å². The van der Waals surface area contributed by atoms with Gasteiger partial charge in [-0.15, -0.1) is 0 Å². The van der Waals surface area contributed by atoms with Gasteiger partial charge in [-0.05, 0) is 13.8 Å². The first-order valence-corrected chi connectivity index (χ1v) is 2.76. The Hall–Kier alpha value is -0.990. The van der Waals surface area contributed by atoms with Gasteiger partial charge in [-0.25, -0.2) is 0 Å². The molecule has 1 rings (SSSR count). The average molecular weight is 127 g/mol. The van der Waals surface area contributed by atoms with Gasteiger partial charge in [-0.2, -0.15) is 0 Å². The summed E-state index contributed by atoms with van der Waals surface area (Å²) in [5.41, 5.74) is -0.558. The molecule has 2 N–H and O–H groups in total. The minimum absolute atomic E-state index is 0.104. The lowest BCUT2D eigenvalue weighted by molar-refractivity contribution is -0.116. The SMILES string of the molecule is CC1(C)NC(=O)C=C1O. The van der Waals surface area contributed by atoms with Gasteiger partial charge in [0.2, 0.25) is 5.91 Å². The van der Waals surface area contributed by atoms with Gasteiger partial charge in [0, 0.05) is 6.08 Å². The molecule has 50 valence electrons. The molecular weight excluding hydrogens is 118 g/mol. The van der Waals surface area contributed by atoms with Crippen LogP contribution in [0.3, 0.4) is 0 Å². The van der Waals surface area contributed by atoms with E-state index < -0.39 is 5.54 Å². The second-order valence-electron chi connectivity index (χ2n) is 2.64. The van der Waals surface area contributed by atoms with E-state index in [0.29, 0.717) is 0 Å². The maximum Gasteiger partial charge on any atom is 0.248 e. The molecule has 1 heterocycles. The van der Waals surface area contributed by atoms with Gasteiger partial charge in [-0.1, -0.05) is 0 Å². The molecule has 1 amide bonds. The lowest BCUT2D eigenvalue weighted by Crippen LogP contribution is -2.38. The van der Waals surface area contributed by atoms with E-state index in [1.165, 1.54) is 6.08 Å². The predicted molar refractivity (Wildman–Crippen MR) is 32.9 cm³/mol. The summed E-state index contributed by atoms with van der Waals surface area (Å²) in [6.07, 6.45) is 1.19. The topological polar surface area (TPSA) is 49.3 Å². The quantitative estimate of drug-likeness (QED) is 0.493. The largest absolute Gasteiger partial charge is 0.510 e. The smallest absolute Gasteiger partial charge is 0.248 e. The Morgan fingerprint density at radius 1 is 1.67 bits per heavy atom. The molecule has 3 nitrogen and oxygen atoms in total. The average Bonchev–Trinajstić information content (AvgIpc) is 1.79. The minimum atomic E-state index is -0.558. The molecule has 0 saturated carbocycles. The van der Waals surface area contributed by atoms with Crippen LogP contribution >= 0.6 is 0 Å². The van der Waals surface area contributed by atoms with Crippen LogP contribution in [0.4, 0.5) is 0 Å². The molecule has 9 heavy (non-hydrogen) atoms. The minimum Gasteiger partial charge on any atom is -0.510 e. The maximum atomic E-state index is 10.5. The molecule has 0 saturated heterocycles. The molecule has 0 atom stereocenters. The van der Waals surface area contributed by atoms with Crippen LogP contribution in [0.2, 0.25) is 0 Å². The standard InChI is InChI=1S/C6H9NO2/c1-6(2)4(8)3-5(9)7-6/h3,8H,1-2H3,(H,7,9). The van der Waals surface area contributed by atoms with Crippen molar-refractivity contribution in [1.29, 1.82) is 0 Å². The zero-order valence-electron chi connectivity index (χ0n) is 5.43. The lowest BCUT2D eigenvalue weighted by atomic mass is 10.1. The van der Waals surface area contributed by atoms with Gasteiger partial charge in [0.15, 0.2) is 0 Å². The van der Waals surface area contributed by atoms with Crippen LogP contribution in [-0.4, -0.2) is 16.6 Å². The fourth-order valence-electron chi connectivity index (χ4n) is 0.713. The van der Waals surface area contributed by atoms with E-state index >= 15 is 0 Å². The van der Waals surface area contributed by atoms with E-state index in [9.17, 15) is 4.79 Å². The zero-order valence-corrected chi connectivity index (χ0v) is 5.43. The molecule has 0 aromatic carbocycles. The third kappa shape index (κ3) is 0.896. The van der Waals surface area contributed by atoms with Gasteiger partial charge < -0.3 is 10.4 Å². The van der Waals surface area contributed by atoms with Gasteiger partial charge in [0.25, 0.3) is 0 Å². The Bertz CT molecular complexity index is 181. The first-order chi connectivity index (χ1) is 4.02. The van der Waals surface area contributed by atoms with Crippen LogP contribution in [0.5, 0.6) is 0 Å². The molecule has 0 aromatic rings. The highest BCUT2D eigenvalue weighted by molar-refractivity contribution is 5.92. The zero-order chi connectivity index (χ0) is 7.07. The number of carbonyl (C=O) groups excluding carboxylic acids is 1. The number of rotatable bonds is 0. The summed E-state index contributed by atoms with van der Waals surface area (Å²) in [7, 11) is 0. The molecule has 0 aliphatic carbocycles. The van der Waals surface area contributed by atoms with Crippen LogP contribution in [0.1, 0.15) is 13.8 Å². The molecule has 1 aliphatic rings. The van der Waals surface area contributed by atoms with Crippen molar-refractivity contribution < 1.29 is 9.90 Å². The number of hydrogen-bond acceptors (Lipinski definition) is 2. The number of aliphatic hydroxyl groups is 1.